The Bertz CT molecular complexity index is 276. The van der Waals surface area contributed by atoms with E-state index in [1.54, 1.807) is 25.3 Å². The van der Waals surface area contributed by atoms with Crippen LogP contribution in [0.25, 0.3) is 0 Å². The molecule has 0 amide bonds. The highest BCUT2D eigenvalue weighted by Crippen LogP contribution is 2.27. The highest BCUT2D eigenvalue weighted by Gasteiger charge is 2.01. The normalized spacial score (nSPS) is 9.69. The third-order valence-electron chi connectivity index (χ3n) is 1.64. The first-order valence-electron chi connectivity index (χ1n) is 4.09. The van der Waals surface area contributed by atoms with E-state index in [1.807, 2.05) is 0 Å². The van der Waals surface area contributed by atoms with Crippen LogP contribution < -0.4 is 15.8 Å². The Labute approximate surface area is 77.3 Å². The van der Waals surface area contributed by atoms with Gasteiger partial charge in [-0.15, -0.1) is 0 Å². The molecular formula is C9H14N2O2. The van der Waals surface area contributed by atoms with Gasteiger partial charge >= 0.3 is 0 Å². The molecule has 0 heterocycles. The standard InChI is InChI=1S/C9H14N2O2/c1-13-9-3-2-7(12)6-8(9)11-5-4-10/h2-3,6,11-12H,4-5,10H2,1H3. The fourth-order valence-corrected chi connectivity index (χ4v) is 1.04. The number of nitrogens with two attached hydrogens (primary N) is 1. The fourth-order valence-electron chi connectivity index (χ4n) is 1.04. The van der Waals surface area contributed by atoms with Crippen LogP contribution in [-0.4, -0.2) is 25.3 Å². The van der Waals surface area contributed by atoms with E-state index in [4.69, 9.17) is 10.5 Å². The van der Waals surface area contributed by atoms with Crippen molar-refractivity contribution in [2.45, 2.75) is 0 Å². The minimum Gasteiger partial charge on any atom is -0.508 e. The highest BCUT2D eigenvalue weighted by molar-refractivity contribution is 5.59. The van der Waals surface area contributed by atoms with Crippen LogP contribution in [0.2, 0.25) is 0 Å². The van der Waals surface area contributed by atoms with Gasteiger partial charge in [-0.05, 0) is 12.1 Å². The number of rotatable bonds is 4. The SMILES string of the molecule is COc1ccc(O)cc1NCCN. The van der Waals surface area contributed by atoms with Crippen LogP contribution >= 0.6 is 0 Å². The van der Waals surface area contributed by atoms with Crippen LogP contribution in [-0.2, 0) is 0 Å². The monoisotopic (exact) mass is 182 g/mol. The molecular weight excluding hydrogens is 168 g/mol. The molecule has 0 unspecified atom stereocenters. The van der Waals surface area contributed by atoms with E-state index in [0.29, 0.717) is 18.8 Å². The van der Waals surface area contributed by atoms with E-state index < -0.39 is 0 Å². The molecule has 4 N–H and O–H groups in total. The van der Waals surface area contributed by atoms with E-state index in [1.165, 1.54) is 0 Å². The average molecular weight is 182 g/mol. The molecule has 0 aromatic heterocycles. The van der Waals surface area contributed by atoms with Gasteiger partial charge in [-0.2, -0.15) is 0 Å². The van der Waals surface area contributed by atoms with Gasteiger partial charge in [-0.25, -0.2) is 0 Å². The lowest BCUT2D eigenvalue weighted by atomic mass is 10.2. The third kappa shape index (κ3) is 2.52. The Morgan fingerprint density at radius 1 is 1.54 bits per heavy atom. The second-order valence-corrected chi connectivity index (χ2v) is 2.60. The summed E-state index contributed by atoms with van der Waals surface area (Å²) in [6.07, 6.45) is 0. The second-order valence-electron chi connectivity index (χ2n) is 2.60. The Kier molecular flexibility index (Phi) is 3.40. The molecule has 0 bridgehead atoms. The molecule has 13 heavy (non-hydrogen) atoms. The van der Waals surface area contributed by atoms with Crippen LogP contribution in [0.3, 0.4) is 0 Å². The number of phenolic OH excluding ortho intramolecular Hbond substituents is 1. The maximum atomic E-state index is 9.21. The molecule has 1 aromatic rings. The van der Waals surface area contributed by atoms with Crippen LogP contribution in [0.4, 0.5) is 5.69 Å². The first kappa shape index (κ1) is 9.67. The Hall–Kier alpha value is -1.42. The van der Waals surface area contributed by atoms with Gasteiger partial charge in [-0.1, -0.05) is 0 Å². The number of nitrogens with one attached hydrogen (secondary N) is 1. The van der Waals surface area contributed by atoms with Crippen LogP contribution in [0, 0.1) is 0 Å². The lowest BCUT2D eigenvalue weighted by molar-refractivity contribution is 0.414. The summed E-state index contributed by atoms with van der Waals surface area (Å²) < 4.78 is 5.08. The minimum atomic E-state index is 0.209. The van der Waals surface area contributed by atoms with Crippen molar-refractivity contribution >= 4 is 5.69 Å². The van der Waals surface area contributed by atoms with E-state index in [2.05, 4.69) is 5.32 Å². The van der Waals surface area contributed by atoms with Crippen LogP contribution in [0.15, 0.2) is 18.2 Å². The molecule has 0 aliphatic rings. The Balaban J connectivity index is 2.81. The topological polar surface area (TPSA) is 67.5 Å². The maximum Gasteiger partial charge on any atom is 0.142 e. The lowest BCUT2D eigenvalue weighted by Gasteiger charge is -2.10. The van der Waals surface area contributed by atoms with Gasteiger partial charge in [0, 0.05) is 19.2 Å². The summed E-state index contributed by atoms with van der Waals surface area (Å²) in [7, 11) is 1.58. The van der Waals surface area contributed by atoms with Crippen molar-refractivity contribution in [3.63, 3.8) is 0 Å². The second kappa shape index (κ2) is 4.57. The Morgan fingerprint density at radius 3 is 2.92 bits per heavy atom. The molecule has 0 fully saturated rings. The molecule has 0 saturated heterocycles. The molecule has 1 aromatic carbocycles. The van der Waals surface area contributed by atoms with Crippen molar-refractivity contribution < 1.29 is 9.84 Å². The Morgan fingerprint density at radius 2 is 2.31 bits per heavy atom. The van der Waals surface area contributed by atoms with Gasteiger partial charge < -0.3 is 20.9 Å². The van der Waals surface area contributed by atoms with Crippen molar-refractivity contribution in [1.82, 2.24) is 0 Å². The predicted octanol–water partition coefficient (Wildman–Crippen LogP) is 0.771. The number of benzene rings is 1. The summed E-state index contributed by atoms with van der Waals surface area (Å²) in [5.74, 6) is 0.909. The molecule has 0 radical (unpaired) electrons. The minimum absolute atomic E-state index is 0.209. The zero-order valence-electron chi connectivity index (χ0n) is 7.58. The van der Waals surface area contributed by atoms with Gasteiger partial charge in [-0.3, -0.25) is 0 Å². The molecule has 0 aliphatic carbocycles. The van der Waals surface area contributed by atoms with E-state index in [-0.39, 0.29) is 5.75 Å². The van der Waals surface area contributed by atoms with Crippen molar-refractivity contribution in [2.24, 2.45) is 5.73 Å². The first-order valence-corrected chi connectivity index (χ1v) is 4.09. The van der Waals surface area contributed by atoms with E-state index >= 15 is 0 Å². The van der Waals surface area contributed by atoms with E-state index in [9.17, 15) is 5.11 Å². The lowest BCUT2D eigenvalue weighted by Crippen LogP contribution is -2.13. The number of methoxy groups -OCH3 is 1. The summed E-state index contributed by atoms with van der Waals surface area (Å²) in [5.41, 5.74) is 6.10. The van der Waals surface area contributed by atoms with Crippen LogP contribution in [0.5, 0.6) is 11.5 Å². The molecule has 4 nitrogen and oxygen atoms in total. The molecule has 4 heteroatoms. The largest absolute Gasteiger partial charge is 0.508 e. The highest BCUT2D eigenvalue weighted by atomic mass is 16.5. The van der Waals surface area contributed by atoms with Crippen molar-refractivity contribution in [2.75, 3.05) is 25.5 Å². The van der Waals surface area contributed by atoms with E-state index in [0.717, 1.165) is 5.69 Å². The summed E-state index contributed by atoms with van der Waals surface area (Å²) in [4.78, 5) is 0. The van der Waals surface area contributed by atoms with Gasteiger partial charge in [0.15, 0.2) is 0 Å². The van der Waals surface area contributed by atoms with Crippen molar-refractivity contribution in [1.29, 1.82) is 0 Å². The molecule has 0 saturated carbocycles. The quantitative estimate of drug-likeness (QED) is 0.643. The number of hydrogen-bond acceptors (Lipinski definition) is 4. The zero-order chi connectivity index (χ0) is 9.68. The average Bonchev–Trinajstić information content (AvgIpc) is 2.15. The zero-order valence-corrected chi connectivity index (χ0v) is 7.58. The molecule has 0 spiro atoms. The summed E-state index contributed by atoms with van der Waals surface area (Å²) in [6.45, 7) is 1.19. The summed E-state index contributed by atoms with van der Waals surface area (Å²) in [5, 5.41) is 12.3. The summed E-state index contributed by atoms with van der Waals surface area (Å²) >= 11 is 0. The predicted molar refractivity (Wildman–Crippen MR) is 52.2 cm³/mol. The van der Waals surface area contributed by atoms with Crippen molar-refractivity contribution in [3.8, 4) is 11.5 Å². The third-order valence-corrected chi connectivity index (χ3v) is 1.64. The fraction of sp³-hybridized carbons (Fsp3) is 0.333. The molecule has 0 atom stereocenters. The number of ether oxygens (including phenoxy) is 1. The molecule has 1 rings (SSSR count). The number of phenols is 1. The number of anilines is 1. The smallest absolute Gasteiger partial charge is 0.142 e. The summed E-state index contributed by atoms with van der Waals surface area (Å²) in [6, 6.07) is 4.88. The van der Waals surface area contributed by atoms with Gasteiger partial charge in [0.05, 0.1) is 12.8 Å². The maximum absolute atomic E-state index is 9.21. The van der Waals surface area contributed by atoms with Gasteiger partial charge in [0.2, 0.25) is 0 Å². The van der Waals surface area contributed by atoms with Crippen molar-refractivity contribution in [3.05, 3.63) is 18.2 Å². The number of hydrogen-bond donors (Lipinski definition) is 3. The van der Waals surface area contributed by atoms with Crippen LogP contribution in [0.1, 0.15) is 0 Å². The van der Waals surface area contributed by atoms with Gasteiger partial charge in [0.25, 0.3) is 0 Å². The number of aromatic hydroxyl groups is 1. The van der Waals surface area contributed by atoms with Gasteiger partial charge in [0.1, 0.15) is 11.5 Å². The first-order chi connectivity index (χ1) is 6.27. The molecule has 0 aliphatic heterocycles. The molecule has 72 valence electrons.